The van der Waals surface area contributed by atoms with Gasteiger partial charge in [-0.1, -0.05) is 18.2 Å². The van der Waals surface area contributed by atoms with Crippen LogP contribution in [0, 0.1) is 0 Å². The Labute approximate surface area is 180 Å². The van der Waals surface area contributed by atoms with Crippen molar-refractivity contribution in [3.63, 3.8) is 0 Å². The normalized spacial score (nSPS) is 17.4. The lowest BCUT2D eigenvalue weighted by Gasteiger charge is -2.34. The SMILES string of the molecule is COc1ccc(OC)c(-c2cc(C(=O)NCC3(O)CCOc4ccccc43)n(C)n2)c1. The molecule has 2 N–H and O–H groups in total. The molecule has 31 heavy (non-hydrogen) atoms. The molecule has 0 aliphatic carbocycles. The van der Waals surface area contributed by atoms with E-state index in [1.165, 1.54) is 4.68 Å². The molecule has 1 aliphatic heterocycles. The van der Waals surface area contributed by atoms with E-state index in [1.54, 1.807) is 39.5 Å². The van der Waals surface area contributed by atoms with Gasteiger partial charge in [0, 0.05) is 24.6 Å². The van der Waals surface area contributed by atoms with Crippen LogP contribution in [-0.4, -0.2) is 48.2 Å². The molecule has 3 aromatic rings. The number of nitrogens with one attached hydrogen (secondary N) is 1. The molecular formula is C23H25N3O5. The first kappa shape index (κ1) is 20.7. The van der Waals surface area contributed by atoms with Crippen LogP contribution in [0.15, 0.2) is 48.5 Å². The Balaban J connectivity index is 1.56. The van der Waals surface area contributed by atoms with Crippen LogP contribution in [0.3, 0.4) is 0 Å². The predicted octanol–water partition coefficient (Wildman–Crippen LogP) is 2.50. The van der Waals surface area contributed by atoms with Gasteiger partial charge in [-0.15, -0.1) is 0 Å². The van der Waals surface area contributed by atoms with Gasteiger partial charge in [-0.05, 0) is 30.3 Å². The van der Waals surface area contributed by atoms with E-state index < -0.39 is 5.60 Å². The van der Waals surface area contributed by atoms with Crippen molar-refractivity contribution >= 4 is 5.91 Å². The van der Waals surface area contributed by atoms with Gasteiger partial charge in [-0.25, -0.2) is 0 Å². The lowest BCUT2D eigenvalue weighted by molar-refractivity contribution is -0.00168. The highest BCUT2D eigenvalue weighted by Gasteiger charge is 2.36. The van der Waals surface area contributed by atoms with Crippen molar-refractivity contribution in [2.45, 2.75) is 12.0 Å². The smallest absolute Gasteiger partial charge is 0.269 e. The molecule has 1 unspecified atom stereocenters. The number of hydrogen-bond donors (Lipinski definition) is 2. The second-order valence-electron chi connectivity index (χ2n) is 7.41. The number of aryl methyl sites for hydroxylation is 1. The Morgan fingerprint density at radius 1 is 1.23 bits per heavy atom. The predicted molar refractivity (Wildman–Crippen MR) is 115 cm³/mol. The first-order valence-electron chi connectivity index (χ1n) is 9.94. The Hall–Kier alpha value is -3.52. The van der Waals surface area contributed by atoms with E-state index in [2.05, 4.69) is 10.4 Å². The van der Waals surface area contributed by atoms with Crippen LogP contribution < -0.4 is 19.5 Å². The molecular weight excluding hydrogens is 398 g/mol. The van der Waals surface area contributed by atoms with Gasteiger partial charge in [0.2, 0.25) is 0 Å². The molecule has 4 rings (SSSR count). The molecule has 8 heteroatoms. The van der Waals surface area contributed by atoms with Crippen LogP contribution in [0.2, 0.25) is 0 Å². The zero-order chi connectivity index (χ0) is 22.0. The summed E-state index contributed by atoms with van der Waals surface area (Å²) in [4.78, 5) is 12.9. The number of hydrogen-bond acceptors (Lipinski definition) is 6. The fourth-order valence-electron chi connectivity index (χ4n) is 3.77. The highest BCUT2D eigenvalue weighted by molar-refractivity contribution is 5.94. The maximum atomic E-state index is 12.9. The average molecular weight is 423 g/mol. The monoisotopic (exact) mass is 423 g/mol. The van der Waals surface area contributed by atoms with Crippen LogP contribution in [-0.2, 0) is 12.6 Å². The van der Waals surface area contributed by atoms with Crippen molar-refractivity contribution in [3.05, 3.63) is 59.8 Å². The zero-order valence-electron chi connectivity index (χ0n) is 17.7. The lowest BCUT2D eigenvalue weighted by Crippen LogP contribution is -2.44. The van der Waals surface area contributed by atoms with Gasteiger partial charge in [0.1, 0.15) is 28.5 Å². The molecule has 162 valence electrons. The van der Waals surface area contributed by atoms with Gasteiger partial charge < -0.3 is 24.6 Å². The molecule has 1 aromatic heterocycles. The van der Waals surface area contributed by atoms with E-state index in [0.717, 1.165) is 0 Å². The first-order chi connectivity index (χ1) is 14.9. The van der Waals surface area contributed by atoms with E-state index >= 15 is 0 Å². The molecule has 2 aromatic carbocycles. The Bertz CT molecular complexity index is 1110. The molecule has 1 aliphatic rings. The summed E-state index contributed by atoms with van der Waals surface area (Å²) >= 11 is 0. The van der Waals surface area contributed by atoms with Crippen molar-refractivity contribution in [3.8, 4) is 28.5 Å². The number of aromatic nitrogens is 2. The fraction of sp³-hybridized carbons (Fsp3) is 0.304. The highest BCUT2D eigenvalue weighted by atomic mass is 16.5. The van der Waals surface area contributed by atoms with Crippen molar-refractivity contribution in [1.29, 1.82) is 0 Å². The summed E-state index contributed by atoms with van der Waals surface area (Å²) in [6, 6.07) is 14.4. The van der Waals surface area contributed by atoms with E-state index in [1.807, 2.05) is 30.3 Å². The van der Waals surface area contributed by atoms with Crippen LogP contribution in [0.4, 0.5) is 0 Å². The number of ether oxygens (including phenoxy) is 3. The summed E-state index contributed by atoms with van der Waals surface area (Å²) in [6.07, 6.45) is 0.391. The van der Waals surface area contributed by atoms with E-state index in [0.29, 0.717) is 52.8 Å². The molecule has 2 heterocycles. The molecule has 8 nitrogen and oxygen atoms in total. The second kappa shape index (κ2) is 8.31. The Morgan fingerprint density at radius 2 is 2.03 bits per heavy atom. The topological polar surface area (TPSA) is 94.8 Å². The first-order valence-corrected chi connectivity index (χ1v) is 9.94. The Kier molecular flexibility index (Phi) is 5.56. The summed E-state index contributed by atoms with van der Waals surface area (Å²) in [5.41, 5.74) is 1.14. The van der Waals surface area contributed by atoms with Gasteiger partial charge >= 0.3 is 0 Å². The molecule has 0 fully saturated rings. The minimum absolute atomic E-state index is 0.0647. The minimum atomic E-state index is -1.19. The molecule has 0 saturated carbocycles. The van der Waals surface area contributed by atoms with Crippen molar-refractivity contribution in [2.75, 3.05) is 27.4 Å². The minimum Gasteiger partial charge on any atom is -0.497 e. The third-order valence-electron chi connectivity index (χ3n) is 5.50. The van der Waals surface area contributed by atoms with Gasteiger partial charge in [0.25, 0.3) is 5.91 Å². The summed E-state index contributed by atoms with van der Waals surface area (Å²) in [7, 11) is 4.86. The maximum Gasteiger partial charge on any atom is 0.269 e. The fourth-order valence-corrected chi connectivity index (χ4v) is 3.77. The van der Waals surface area contributed by atoms with Crippen LogP contribution >= 0.6 is 0 Å². The summed E-state index contributed by atoms with van der Waals surface area (Å²) in [6.45, 7) is 0.448. The molecule has 0 bridgehead atoms. The Morgan fingerprint density at radius 3 is 2.81 bits per heavy atom. The third kappa shape index (κ3) is 3.94. The van der Waals surface area contributed by atoms with Crippen LogP contribution in [0.5, 0.6) is 17.2 Å². The maximum absolute atomic E-state index is 12.9. The van der Waals surface area contributed by atoms with E-state index in [-0.39, 0.29) is 12.5 Å². The molecule has 0 radical (unpaired) electrons. The second-order valence-corrected chi connectivity index (χ2v) is 7.41. The van der Waals surface area contributed by atoms with Crippen molar-refractivity contribution < 1.29 is 24.1 Å². The number of fused-ring (bicyclic) bond motifs is 1. The molecule has 0 saturated heterocycles. The number of rotatable bonds is 6. The summed E-state index contributed by atoms with van der Waals surface area (Å²) in [5, 5.41) is 18.5. The van der Waals surface area contributed by atoms with Gasteiger partial charge in [0.15, 0.2) is 0 Å². The number of aliphatic hydroxyl groups is 1. The summed E-state index contributed by atoms with van der Waals surface area (Å²) in [5.74, 6) is 1.59. The zero-order valence-corrected chi connectivity index (χ0v) is 17.7. The molecule has 1 atom stereocenters. The largest absolute Gasteiger partial charge is 0.497 e. The lowest BCUT2D eigenvalue weighted by atomic mass is 9.88. The van der Waals surface area contributed by atoms with Crippen LogP contribution in [0.25, 0.3) is 11.3 Å². The number of para-hydroxylation sites is 1. The number of methoxy groups -OCH3 is 2. The number of amides is 1. The number of benzene rings is 2. The molecule has 0 spiro atoms. The van der Waals surface area contributed by atoms with Gasteiger partial charge in [0.05, 0.1) is 33.1 Å². The summed E-state index contributed by atoms with van der Waals surface area (Å²) < 4.78 is 17.8. The highest BCUT2D eigenvalue weighted by Crippen LogP contribution is 2.36. The quantitative estimate of drug-likeness (QED) is 0.633. The number of carbonyl (C=O) groups is 1. The number of nitrogens with zero attached hydrogens (tertiary/aromatic N) is 2. The average Bonchev–Trinajstić information content (AvgIpc) is 3.19. The van der Waals surface area contributed by atoms with Crippen molar-refractivity contribution in [2.24, 2.45) is 7.05 Å². The van der Waals surface area contributed by atoms with Crippen molar-refractivity contribution in [1.82, 2.24) is 15.1 Å². The molecule has 1 amide bonds. The van der Waals surface area contributed by atoms with E-state index in [9.17, 15) is 9.90 Å². The van der Waals surface area contributed by atoms with E-state index in [4.69, 9.17) is 14.2 Å². The third-order valence-corrected chi connectivity index (χ3v) is 5.50. The van der Waals surface area contributed by atoms with Gasteiger partial charge in [-0.3, -0.25) is 9.48 Å². The standard InChI is InChI=1S/C23H25N3O5/c1-26-19(13-18(25-26)16-12-15(29-2)8-9-20(16)30-3)22(27)24-14-23(28)10-11-31-21-7-5-4-6-17(21)23/h4-9,12-13,28H,10-11,14H2,1-3H3,(H,24,27). The van der Waals surface area contributed by atoms with Crippen LogP contribution in [0.1, 0.15) is 22.5 Å². The van der Waals surface area contributed by atoms with Gasteiger partial charge in [-0.2, -0.15) is 5.10 Å². The number of carbonyl (C=O) groups excluding carboxylic acids is 1.